The second-order valence-electron chi connectivity index (χ2n) is 4.11. The van der Waals surface area contributed by atoms with E-state index in [9.17, 15) is 4.79 Å². The molecule has 7 heteroatoms. The van der Waals surface area contributed by atoms with Gasteiger partial charge in [-0.2, -0.15) is 0 Å². The monoisotopic (exact) mass is 313 g/mol. The molecule has 1 aromatic heterocycles. The summed E-state index contributed by atoms with van der Waals surface area (Å²) >= 11 is 1.55. The molecule has 1 amide bonds. The lowest BCUT2D eigenvalue weighted by molar-refractivity contribution is -0.124. The first-order valence-corrected chi connectivity index (χ1v) is 6.39. The number of amides is 1. The molecule has 0 fully saturated rings. The lowest BCUT2D eigenvalue weighted by Crippen LogP contribution is -2.45. The Morgan fingerprint density at radius 1 is 1.50 bits per heavy atom. The molecule has 0 aliphatic carbocycles. The third kappa shape index (κ3) is 5.52. The van der Waals surface area contributed by atoms with E-state index >= 15 is 0 Å². The first-order valence-electron chi connectivity index (χ1n) is 5.51. The van der Waals surface area contributed by atoms with Crippen LogP contribution in [0.5, 0.6) is 0 Å². The van der Waals surface area contributed by atoms with E-state index in [1.807, 2.05) is 26.2 Å². The zero-order chi connectivity index (χ0) is 12.1. The molecule has 2 unspecified atom stereocenters. The topological polar surface area (TPSA) is 68.0 Å². The molecule has 0 spiro atoms. The number of halogens is 2. The molecule has 0 aliphatic heterocycles. The lowest BCUT2D eigenvalue weighted by Gasteiger charge is -2.20. The third-order valence-electron chi connectivity index (χ3n) is 2.50. The average Bonchev–Trinajstić information content (AvgIpc) is 2.77. The van der Waals surface area contributed by atoms with Crippen LogP contribution in [-0.2, 0) is 4.79 Å². The van der Waals surface area contributed by atoms with Gasteiger partial charge in [0.2, 0.25) is 5.91 Å². The molecule has 18 heavy (non-hydrogen) atoms. The fourth-order valence-corrected chi connectivity index (χ4v) is 2.09. The van der Waals surface area contributed by atoms with Crippen LogP contribution in [0.25, 0.3) is 0 Å². The van der Waals surface area contributed by atoms with Crippen LogP contribution in [0.15, 0.2) is 11.6 Å². The van der Waals surface area contributed by atoms with Crippen LogP contribution < -0.4 is 11.1 Å². The molecule has 3 N–H and O–H groups in total. The molecule has 0 aliphatic rings. The summed E-state index contributed by atoms with van der Waals surface area (Å²) in [7, 11) is 0. The van der Waals surface area contributed by atoms with E-state index in [1.54, 1.807) is 17.5 Å². The van der Waals surface area contributed by atoms with Crippen molar-refractivity contribution >= 4 is 42.1 Å². The summed E-state index contributed by atoms with van der Waals surface area (Å²) in [6, 6.07) is -0.466. The molecule has 1 heterocycles. The Kier molecular flexibility index (Phi) is 10.6. The maximum Gasteiger partial charge on any atom is 0.237 e. The fourth-order valence-electron chi connectivity index (χ4n) is 1.32. The van der Waals surface area contributed by atoms with Crippen LogP contribution in [0.4, 0.5) is 0 Å². The SMILES string of the molecule is CCC(NC(=O)C(N)C(C)C)c1nccs1.Cl.Cl. The summed E-state index contributed by atoms with van der Waals surface area (Å²) in [5, 5.41) is 5.78. The van der Waals surface area contributed by atoms with Crippen LogP contribution in [0.1, 0.15) is 38.2 Å². The van der Waals surface area contributed by atoms with Crippen molar-refractivity contribution in [2.75, 3.05) is 0 Å². The summed E-state index contributed by atoms with van der Waals surface area (Å²) in [4.78, 5) is 16.0. The number of aromatic nitrogens is 1. The van der Waals surface area contributed by atoms with Gasteiger partial charge in [0.25, 0.3) is 0 Å². The van der Waals surface area contributed by atoms with Gasteiger partial charge in [-0.25, -0.2) is 4.98 Å². The van der Waals surface area contributed by atoms with Gasteiger partial charge in [0.15, 0.2) is 0 Å². The Balaban J connectivity index is 0. The first kappa shape index (κ1) is 20.0. The minimum Gasteiger partial charge on any atom is -0.346 e. The predicted octanol–water partition coefficient (Wildman–Crippen LogP) is 2.54. The quantitative estimate of drug-likeness (QED) is 0.877. The largest absolute Gasteiger partial charge is 0.346 e. The molecule has 0 aromatic carbocycles. The van der Waals surface area contributed by atoms with Crippen LogP contribution >= 0.6 is 36.2 Å². The van der Waals surface area contributed by atoms with Gasteiger partial charge in [-0.1, -0.05) is 20.8 Å². The van der Waals surface area contributed by atoms with E-state index in [-0.39, 0.29) is 42.7 Å². The number of carbonyl (C=O) groups excluding carboxylic acids is 1. The molecule has 0 saturated carbocycles. The van der Waals surface area contributed by atoms with Crippen molar-refractivity contribution in [1.82, 2.24) is 10.3 Å². The van der Waals surface area contributed by atoms with Crippen molar-refractivity contribution in [3.8, 4) is 0 Å². The van der Waals surface area contributed by atoms with Crippen LogP contribution in [-0.4, -0.2) is 16.9 Å². The highest BCUT2D eigenvalue weighted by Crippen LogP contribution is 2.18. The summed E-state index contributed by atoms with van der Waals surface area (Å²) in [5.74, 6) is 0.0471. The number of carbonyl (C=O) groups is 1. The maximum atomic E-state index is 11.8. The van der Waals surface area contributed by atoms with Crippen LogP contribution in [0.2, 0.25) is 0 Å². The molecular formula is C11H21Cl2N3OS. The summed E-state index contributed by atoms with van der Waals surface area (Å²) in [5.41, 5.74) is 5.79. The lowest BCUT2D eigenvalue weighted by atomic mass is 10.0. The van der Waals surface area contributed by atoms with Crippen molar-refractivity contribution in [2.24, 2.45) is 11.7 Å². The normalized spacial score (nSPS) is 13.2. The van der Waals surface area contributed by atoms with Gasteiger partial charge in [0, 0.05) is 11.6 Å². The number of rotatable bonds is 5. The summed E-state index contributed by atoms with van der Waals surface area (Å²) in [6.07, 6.45) is 2.57. The maximum absolute atomic E-state index is 11.8. The van der Waals surface area contributed by atoms with E-state index in [2.05, 4.69) is 10.3 Å². The zero-order valence-electron chi connectivity index (χ0n) is 10.8. The molecule has 4 nitrogen and oxygen atoms in total. The van der Waals surface area contributed by atoms with Gasteiger partial charge in [0.1, 0.15) is 5.01 Å². The average molecular weight is 314 g/mol. The highest BCUT2D eigenvalue weighted by atomic mass is 35.5. The standard InChI is InChI=1S/C11H19N3OS.2ClH/c1-4-8(11-13-5-6-16-11)14-10(15)9(12)7(2)3;;/h5-9H,4,12H2,1-3H3,(H,14,15);2*1H. The van der Waals surface area contributed by atoms with Gasteiger partial charge in [-0.05, 0) is 12.3 Å². The second-order valence-corrected chi connectivity index (χ2v) is 5.04. The van der Waals surface area contributed by atoms with E-state index in [4.69, 9.17) is 5.73 Å². The number of hydrogen-bond acceptors (Lipinski definition) is 4. The van der Waals surface area contributed by atoms with Crippen molar-refractivity contribution in [3.63, 3.8) is 0 Å². The molecule has 1 rings (SSSR count). The van der Waals surface area contributed by atoms with E-state index in [1.165, 1.54) is 0 Å². The summed E-state index contributed by atoms with van der Waals surface area (Å²) in [6.45, 7) is 5.90. The Morgan fingerprint density at radius 2 is 2.11 bits per heavy atom. The first-order chi connectivity index (χ1) is 7.56. The Labute approximate surface area is 125 Å². The Bertz CT molecular complexity index is 333. The van der Waals surface area contributed by atoms with E-state index < -0.39 is 6.04 Å². The molecule has 2 atom stereocenters. The van der Waals surface area contributed by atoms with Crippen molar-refractivity contribution in [1.29, 1.82) is 0 Å². The van der Waals surface area contributed by atoms with Crippen molar-refractivity contribution in [2.45, 2.75) is 39.3 Å². The van der Waals surface area contributed by atoms with Crippen molar-refractivity contribution < 1.29 is 4.79 Å². The van der Waals surface area contributed by atoms with Gasteiger partial charge in [-0.3, -0.25) is 4.79 Å². The van der Waals surface area contributed by atoms with Gasteiger partial charge in [0.05, 0.1) is 12.1 Å². The van der Waals surface area contributed by atoms with Gasteiger partial charge >= 0.3 is 0 Å². The minimum absolute atomic E-state index is 0. The Hall–Kier alpha value is -0.360. The molecule has 0 bridgehead atoms. The molecule has 106 valence electrons. The van der Waals surface area contributed by atoms with E-state index in [0.29, 0.717) is 0 Å². The highest BCUT2D eigenvalue weighted by Gasteiger charge is 2.21. The smallest absolute Gasteiger partial charge is 0.237 e. The summed E-state index contributed by atoms with van der Waals surface area (Å²) < 4.78 is 0. The predicted molar refractivity (Wildman–Crippen MR) is 80.6 cm³/mol. The zero-order valence-corrected chi connectivity index (χ0v) is 13.2. The molecule has 0 radical (unpaired) electrons. The highest BCUT2D eigenvalue weighted by molar-refractivity contribution is 7.09. The number of thiazole rings is 1. The number of hydrogen-bond donors (Lipinski definition) is 2. The number of nitrogens with two attached hydrogens (primary N) is 1. The van der Waals surface area contributed by atoms with Gasteiger partial charge in [-0.15, -0.1) is 36.2 Å². The molecule has 1 aromatic rings. The van der Waals surface area contributed by atoms with E-state index in [0.717, 1.165) is 11.4 Å². The second kappa shape index (κ2) is 9.55. The fraction of sp³-hybridized carbons (Fsp3) is 0.636. The molecular weight excluding hydrogens is 293 g/mol. The molecule has 0 saturated heterocycles. The van der Waals surface area contributed by atoms with Gasteiger partial charge < -0.3 is 11.1 Å². The minimum atomic E-state index is -0.450. The van der Waals surface area contributed by atoms with Crippen LogP contribution in [0.3, 0.4) is 0 Å². The van der Waals surface area contributed by atoms with Crippen molar-refractivity contribution in [3.05, 3.63) is 16.6 Å². The number of nitrogens with zero attached hydrogens (tertiary/aromatic N) is 1. The van der Waals surface area contributed by atoms with Crippen LogP contribution in [0, 0.1) is 5.92 Å². The number of nitrogens with one attached hydrogen (secondary N) is 1. The Morgan fingerprint density at radius 3 is 2.50 bits per heavy atom. The third-order valence-corrected chi connectivity index (χ3v) is 3.38.